The fourth-order valence-electron chi connectivity index (χ4n) is 4.10. The first-order valence-electron chi connectivity index (χ1n) is 7.90. The van der Waals surface area contributed by atoms with E-state index in [1.54, 1.807) is 23.3 Å². The Morgan fingerprint density at radius 2 is 2.04 bits per heavy atom. The summed E-state index contributed by atoms with van der Waals surface area (Å²) < 4.78 is 11.5. The third kappa shape index (κ3) is 2.29. The summed E-state index contributed by atoms with van der Waals surface area (Å²) in [5.41, 5.74) is 1.02. The Morgan fingerprint density at radius 3 is 2.78 bits per heavy atom. The number of ether oxygens (including phenoxy) is 2. The summed E-state index contributed by atoms with van der Waals surface area (Å²) in [7, 11) is 1.70. The molecular weight excluding hydrogens is 318 g/mol. The van der Waals surface area contributed by atoms with Crippen LogP contribution < -0.4 is 0 Å². The highest BCUT2D eigenvalue weighted by molar-refractivity contribution is 7.10. The zero-order valence-corrected chi connectivity index (χ0v) is 13.6. The first-order valence-corrected chi connectivity index (χ1v) is 8.78. The second kappa shape index (κ2) is 5.58. The number of thiophene rings is 1. The van der Waals surface area contributed by atoms with Crippen molar-refractivity contribution < 1.29 is 24.2 Å². The number of carboxylic acid groups (broad SMARTS) is 1. The van der Waals surface area contributed by atoms with Crippen LogP contribution in [0.1, 0.15) is 29.5 Å². The summed E-state index contributed by atoms with van der Waals surface area (Å²) in [5, 5.41) is 11.5. The molecule has 2 bridgehead atoms. The normalized spacial score (nSPS) is 35.1. The Kier molecular flexibility index (Phi) is 3.66. The zero-order chi connectivity index (χ0) is 16.1. The maximum atomic E-state index is 13.0. The number of carbonyl (C=O) groups excluding carboxylic acids is 1. The largest absolute Gasteiger partial charge is 0.481 e. The van der Waals surface area contributed by atoms with Crippen molar-refractivity contribution in [1.82, 2.24) is 4.90 Å². The SMILES string of the molecule is CN(C(=O)C1C2CCC(O2)C1C(=O)O)C1OCCc2sccc21. The summed E-state index contributed by atoms with van der Waals surface area (Å²) in [5.74, 6) is -2.48. The van der Waals surface area contributed by atoms with Crippen LogP contribution in [0.3, 0.4) is 0 Å². The van der Waals surface area contributed by atoms with Gasteiger partial charge in [-0.25, -0.2) is 0 Å². The molecule has 2 fully saturated rings. The van der Waals surface area contributed by atoms with Crippen molar-refractivity contribution in [1.29, 1.82) is 0 Å². The summed E-state index contributed by atoms with van der Waals surface area (Å²) in [6, 6.07) is 1.99. The molecule has 7 heteroatoms. The maximum Gasteiger partial charge on any atom is 0.310 e. The quantitative estimate of drug-likeness (QED) is 0.908. The highest BCUT2D eigenvalue weighted by atomic mass is 32.1. The molecule has 4 heterocycles. The summed E-state index contributed by atoms with van der Waals surface area (Å²) in [4.78, 5) is 27.4. The van der Waals surface area contributed by atoms with Gasteiger partial charge in [-0.2, -0.15) is 0 Å². The molecule has 0 aliphatic carbocycles. The molecule has 1 N–H and O–H groups in total. The van der Waals surface area contributed by atoms with Crippen LogP contribution >= 0.6 is 11.3 Å². The van der Waals surface area contributed by atoms with Crippen LogP contribution in [0, 0.1) is 11.8 Å². The number of carbonyl (C=O) groups is 2. The third-order valence-corrected chi connectivity index (χ3v) is 6.19. The van der Waals surface area contributed by atoms with E-state index in [9.17, 15) is 14.7 Å². The zero-order valence-electron chi connectivity index (χ0n) is 12.8. The van der Waals surface area contributed by atoms with Crippen molar-refractivity contribution in [2.24, 2.45) is 11.8 Å². The molecule has 1 aromatic heterocycles. The van der Waals surface area contributed by atoms with Crippen LogP contribution in [0.4, 0.5) is 0 Å². The van der Waals surface area contributed by atoms with E-state index in [2.05, 4.69) is 0 Å². The molecule has 5 unspecified atom stereocenters. The number of nitrogens with zero attached hydrogens (tertiary/aromatic N) is 1. The standard InChI is InChI=1S/C16H19NO5S/c1-17(15-8-5-7-23-11(8)4-6-21-15)14(18)12-9-2-3-10(22-9)13(12)16(19)20/h5,7,9-10,12-13,15H,2-4,6H2,1H3,(H,19,20). The monoisotopic (exact) mass is 337 g/mol. The van der Waals surface area contributed by atoms with Gasteiger partial charge in [-0.3, -0.25) is 9.59 Å². The van der Waals surface area contributed by atoms with E-state index >= 15 is 0 Å². The van der Waals surface area contributed by atoms with Gasteiger partial charge in [-0.15, -0.1) is 11.3 Å². The molecular formula is C16H19NO5S. The van der Waals surface area contributed by atoms with Crippen LogP contribution in [0.2, 0.25) is 0 Å². The fourth-order valence-corrected chi connectivity index (χ4v) is 4.99. The van der Waals surface area contributed by atoms with Gasteiger partial charge < -0.3 is 19.5 Å². The van der Waals surface area contributed by atoms with Crippen molar-refractivity contribution in [3.8, 4) is 0 Å². The predicted octanol–water partition coefficient (Wildman–Crippen LogP) is 1.66. The van der Waals surface area contributed by atoms with E-state index in [1.165, 1.54) is 4.88 Å². The molecule has 5 atom stereocenters. The van der Waals surface area contributed by atoms with E-state index in [-0.39, 0.29) is 18.1 Å². The third-order valence-electron chi connectivity index (χ3n) is 5.19. The molecule has 23 heavy (non-hydrogen) atoms. The van der Waals surface area contributed by atoms with E-state index in [4.69, 9.17) is 9.47 Å². The number of fused-ring (bicyclic) bond motifs is 3. The van der Waals surface area contributed by atoms with Gasteiger partial charge in [-0.1, -0.05) is 0 Å². The maximum absolute atomic E-state index is 13.0. The molecule has 3 aliphatic rings. The van der Waals surface area contributed by atoms with Crippen LogP contribution in [0.25, 0.3) is 0 Å². The van der Waals surface area contributed by atoms with Crippen molar-refractivity contribution in [3.63, 3.8) is 0 Å². The minimum Gasteiger partial charge on any atom is -0.481 e. The van der Waals surface area contributed by atoms with Gasteiger partial charge in [0.2, 0.25) is 5.91 Å². The Bertz CT molecular complexity index is 644. The van der Waals surface area contributed by atoms with Crippen LogP contribution in [0.5, 0.6) is 0 Å². The van der Waals surface area contributed by atoms with E-state index < -0.39 is 24.0 Å². The Labute approximate surface area is 138 Å². The topological polar surface area (TPSA) is 76.1 Å². The minimum absolute atomic E-state index is 0.186. The smallest absolute Gasteiger partial charge is 0.310 e. The van der Waals surface area contributed by atoms with Crippen LogP contribution in [-0.2, 0) is 25.5 Å². The van der Waals surface area contributed by atoms with Gasteiger partial charge in [0.1, 0.15) is 0 Å². The van der Waals surface area contributed by atoms with Crippen LogP contribution in [-0.4, -0.2) is 47.7 Å². The lowest BCUT2D eigenvalue weighted by Crippen LogP contribution is -2.46. The number of amides is 1. The summed E-state index contributed by atoms with van der Waals surface area (Å²) in [6.07, 6.45) is 1.31. The molecule has 0 spiro atoms. The van der Waals surface area contributed by atoms with Gasteiger partial charge >= 0.3 is 5.97 Å². The molecule has 1 aromatic rings. The van der Waals surface area contributed by atoms with Gasteiger partial charge in [0.15, 0.2) is 6.23 Å². The van der Waals surface area contributed by atoms with E-state index in [0.717, 1.165) is 24.8 Å². The predicted molar refractivity (Wildman–Crippen MR) is 82.0 cm³/mol. The van der Waals surface area contributed by atoms with Crippen molar-refractivity contribution in [2.75, 3.05) is 13.7 Å². The average Bonchev–Trinajstić information content (AvgIpc) is 3.26. The van der Waals surface area contributed by atoms with Gasteiger partial charge in [0, 0.05) is 23.9 Å². The minimum atomic E-state index is -0.940. The van der Waals surface area contributed by atoms with Gasteiger partial charge in [-0.05, 0) is 24.3 Å². The lowest BCUT2D eigenvalue weighted by molar-refractivity contribution is -0.158. The molecule has 0 radical (unpaired) electrons. The van der Waals surface area contributed by atoms with Crippen molar-refractivity contribution in [3.05, 3.63) is 21.9 Å². The average molecular weight is 337 g/mol. The molecule has 4 rings (SSSR count). The Morgan fingerprint density at radius 1 is 1.30 bits per heavy atom. The molecule has 1 amide bonds. The first kappa shape index (κ1) is 15.1. The summed E-state index contributed by atoms with van der Waals surface area (Å²) in [6.45, 7) is 0.575. The molecule has 3 aliphatic heterocycles. The second-order valence-electron chi connectivity index (χ2n) is 6.40. The fraction of sp³-hybridized carbons (Fsp3) is 0.625. The van der Waals surface area contributed by atoms with E-state index in [0.29, 0.717) is 6.61 Å². The van der Waals surface area contributed by atoms with Gasteiger partial charge in [0.25, 0.3) is 0 Å². The number of hydrogen-bond acceptors (Lipinski definition) is 5. The second-order valence-corrected chi connectivity index (χ2v) is 7.40. The molecule has 0 aromatic carbocycles. The Hall–Kier alpha value is -1.44. The number of rotatable bonds is 3. The number of carboxylic acids is 1. The Balaban J connectivity index is 1.59. The molecule has 124 valence electrons. The molecule has 0 saturated carbocycles. The van der Waals surface area contributed by atoms with Gasteiger partial charge in [0.05, 0.1) is 30.7 Å². The lowest BCUT2D eigenvalue weighted by Gasteiger charge is -2.35. The highest BCUT2D eigenvalue weighted by Gasteiger charge is 2.56. The number of aliphatic carboxylic acids is 1. The molecule has 6 nitrogen and oxygen atoms in total. The first-order chi connectivity index (χ1) is 11.1. The van der Waals surface area contributed by atoms with Crippen LogP contribution in [0.15, 0.2) is 11.4 Å². The molecule has 2 saturated heterocycles. The number of hydrogen-bond donors (Lipinski definition) is 1. The van der Waals surface area contributed by atoms with Crippen molar-refractivity contribution >= 4 is 23.2 Å². The highest BCUT2D eigenvalue weighted by Crippen LogP contribution is 2.45. The van der Waals surface area contributed by atoms with E-state index in [1.807, 2.05) is 11.4 Å². The summed E-state index contributed by atoms with van der Waals surface area (Å²) >= 11 is 1.67. The van der Waals surface area contributed by atoms with Crippen molar-refractivity contribution in [2.45, 2.75) is 37.7 Å². The lowest BCUT2D eigenvalue weighted by atomic mass is 9.78.